The Labute approximate surface area is 157 Å². The van der Waals surface area contributed by atoms with Crippen LogP contribution in [0.2, 0.25) is 0 Å². The van der Waals surface area contributed by atoms with Crippen molar-refractivity contribution in [2.45, 2.75) is 71.1 Å². The Morgan fingerprint density at radius 3 is 2.38 bits per heavy atom. The van der Waals surface area contributed by atoms with Crippen molar-refractivity contribution in [2.24, 2.45) is 5.92 Å². The molecule has 1 aliphatic rings. The number of hydrogen-bond acceptors (Lipinski definition) is 3. The highest BCUT2D eigenvalue weighted by atomic mass is 16.6. The van der Waals surface area contributed by atoms with Crippen LogP contribution in [-0.2, 0) is 9.53 Å². The molecule has 2 atom stereocenters. The summed E-state index contributed by atoms with van der Waals surface area (Å²) >= 11 is 0. The van der Waals surface area contributed by atoms with Crippen molar-refractivity contribution in [2.75, 3.05) is 7.05 Å². The van der Waals surface area contributed by atoms with E-state index in [1.54, 1.807) is 11.9 Å². The summed E-state index contributed by atoms with van der Waals surface area (Å²) < 4.78 is 5.34. The maximum atomic E-state index is 13.0. The van der Waals surface area contributed by atoms with E-state index in [9.17, 15) is 9.59 Å². The van der Waals surface area contributed by atoms with E-state index >= 15 is 0 Å². The number of rotatable bonds is 7. The molecule has 0 bridgehead atoms. The lowest BCUT2D eigenvalue weighted by Gasteiger charge is -2.30. The topological polar surface area (TPSA) is 58.6 Å². The number of hydrogen-bond donors (Lipinski definition) is 1. The standard InChI is InChI=1S/C21H32N2O3/c1-15(17-9-7-6-8-10-17)23(5)19(24)18(14-13-16-11-12-16)22-20(25)26-21(2,3)4/h6-10,15-16,18H,11-14H2,1-5H3,(H,22,25)/t15-,18?/m0/s1. The molecule has 1 aromatic rings. The lowest BCUT2D eigenvalue weighted by molar-refractivity contribution is -0.134. The molecule has 0 saturated heterocycles. The zero-order valence-corrected chi connectivity index (χ0v) is 16.6. The minimum Gasteiger partial charge on any atom is -0.444 e. The predicted octanol–water partition coefficient (Wildman–Crippen LogP) is 4.29. The number of carbonyl (C=O) groups excluding carboxylic acids is 2. The van der Waals surface area contributed by atoms with E-state index in [0.29, 0.717) is 12.3 Å². The van der Waals surface area contributed by atoms with Crippen molar-refractivity contribution < 1.29 is 14.3 Å². The first-order valence-electron chi connectivity index (χ1n) is 9.48. The van der Waals surface area contributed by atoms with Gasteiger partial charge in [-0.3, -0.25) is 4.79 Å². The second kappa shape index (κ2) is 8.56. The first kappa shape index (κ1) is 20.3. The first-order valence-corrected chi connectivity index (χ1v) is 9.48. The molecule has 26 heavy (non-hydrogen) atoms. The van der Waals surface area contributed by atoms with Gasteiger partial charge in [-0.25, -0.2) is 4.79 Å². The molecule has 2 rings (SSSR count). The van der Waals surface area contributed by atoms with Gasteiger partial charge in [0.15, 0.2) is 0 Å². The largest absolute Gasteiger partial charge is 0.444 e. The fourth-order valence-corrected chi connectivity index (χ4v) is 2.91. The van der Waals surface area contributed by atoms with E-state index in [1.807, 2.05) is 58.0 Å². The minimum atomic E-state index is -0.586. The molecule has 1 aliphatic carbocycles. The minimum absolute atomic E-state index is 0.0624. The van der Waals surface area contributed by atoms with E-state index < -0.39 is 17.7 Å². The Balaban J connectivity index is 2.04. The van der Waals surface area contributed by atoms with E-state index in [1.165, 1.54) is 12.8 Å². The smallest absolute Gasteiger partial charge is 0.408 e. The van der Waals surface area contributed by atoms with Gasteiger partial charge in [-0.15, -0.1) is 0 Å². The van der Waals surface area contributed by atoms with Crippen LogP contribution in [0.15, 0.2) is 30.3 Å². The molecular formula is C21H32N2O3. The van der Waals surface area contributed by atoms with Crippen molar-refractivity contribution in [1.29, 1.82) is 0 Å². The number of nitrogens with zero attached hydrogens (tertiary/aromatic N) is 1. The van der Waals surface area contributed by atoms with Crippen molar-refractivity contribution >= 4 is 12.0 Å². The van der Waals surface area contributed by atoms with Crippen molar-refractivity contribution in [3.8, 4) is 0 Å². The summed E-state index contributed by atoms with van der Waals surface area (Å²) in [5, 5.41) is 2.79. The van der Waals surface area contributed by atoms with Gasteiger partial charge >= 0.3 is 6.09 Å². The zero-order chi connectivity index (χ0) is 19.3. The third-order valence-electron chi connectivity index (χ3n) is 4.76. The number of alkyl carbamates (subject to hydrolysis) is 1. The second-order valence-electron chi connectivity index (χ2n) is 8.26. The Morgan fingerprint density at radius 1 is 1.23 bits per heavy atom. The van der Waals surface area contributed by atoms with Crippen LogP contribution in [0.4, 0.5) is 4.79 Å². The molecular weight excluding hydrogens is 328 g/mol. The quantitative estimate of drug-likeness (QED) is 0.789. The van der Waals surface area contributed by atoms with Crippen LogP contribution in [0, 0.1) is 5.92 Å². The molecule has 1 fully saturated rings. The Kier molecular flexibility index (Phi) is 6.68. The van der Waals surface area contributed by atoms with E-state index in [2.05, 4.69) is 5.32 Å². The summed E-state index contributed by atoms with van der Waals surface area (Å²) in [5.41, 5.74) is 0.485. The number of benzene rings is 1. The van der Waals surface area contributed by atoms with Gasteiger partial charge in [0.05, 0.1) is 6.04 Å². The van der Waals surface area contributed by atoms with Gasteiger partial charge in [0, 0.05) is 7.05 Å². The van der Waals surface area contributed by atoms with E-state index in [-0.39, 0.29) is 11.9 Å². The van der Waals surface area contributed by atoms with Crippen LogP contribution in [-0.4, -0.2) is 35.6 Å². The Morgan fingerprint density at radius 2 is 1.85 bits per heavy atom. The summed E-state index contributed by atoms with van der Waals surface area (Å²) in [4.78, 5) is 27.0. The average Bonchev–Trinajstić information content (AvgIpc) is 3.40. The summed E-state index contributed by atoms with van der Waals surface area (Å²) in [6, 6.07) is 9.29. The predicted molar refractivity (Wildman–Crippen MR) is 103 cm³/mol. The van der Waals surface area contributed by atoms with Gasteiger partial charge in [-0.05, 0) is 52.0 Å². The second-order valence-corrected chi connectivity index (χ2v) is 8.26. The molecule has 5 heteroatoms. The first-order chi connectivity index (χ1) is 12.2. The number of carbonyl (C=O) groups is 2. The number of nitrogens with one attached hydrogen (secondary N) is 1. The van der Waals surface area contributed by atoms with E-state index in [0.717, 1.165) is 12.0 Å². The van der Waals surface area contributed by atoms with Gasteiger partial charge in [-0.2, -0.15) is 0 Å². The zero-order valence-electron chi connectivity index (χ0n) is 16.6. The summed E-state index contributed by atoms with van der Waals surface area (Å²) in [7, 11) is 1.79. The van der Waals surface area contributed by atoms with Gasteiger partial charge in [-0.1, -0.05) is 43.2 Å². The third kappa shape index (κ3) is 6.36. The van der Waals surface area contributed by atoms with Crippen molar-refractivity contribution in [3.05, 3.63) is 35.9 Å². The molecule has 144 valence electrons. The molecule has 1 unspecified atom stereocenters. The van der Waals surface area contributed by atoms with E-state index in [4.69, 9.17) is 4.74 Å². The lowest BCUT2D eigenvalue weighted by atomic mass is 10.0. The van der Waals surface area contributed by atoms with Gasteiger partial charge in [0.25, 0.3) is 0 Å². The van der Waals surface area contributed by atoms with Gasteiger partial charge in [0.1, 0.15) is 11.6 Å². The number of ether oxygens (including phenoxy) is 1. The molecule has 0 heterocycles. The Bertz CT molecular complexity index is 605. The third-order valence-corrected chi connectivity index (χ3v) is 4.76. The fraction of sp³-hybridized carbons (Fsp3) is 0.619. The summed E-state index contributed by atoms with van der Waals surface area (Å²) in [6.45, 7) is 7.45. The molecule has 1 aromatic carbocycles. The summed E-state index contributed by atoms with van der Waals surface area (Å²) in [5.74, 6) is 0.621. The van der Waals surface area contributed by atoms with Crippen LogP contribution < -0.4 is 5.32 Å². The maximum Gasteiger partial charge on any atom is 0.408 e. The normalized spacial score (nSPS) is 16.5. The molecule has 2 amide bonds. The SMILES string of the molecule is C[C@@H](c1ccccc1)N(C)C(=O)C(CCC1CC1)NC(=O)OC(C)(C)C. The molecule has 1 saturated carbocycles. The van der Waals surface area contributed by atoms with Crippen LogP contribution in [0.3, 0.4) is 0 Å². The molecule has 1 N–H and O–H groups in total. The molecule has 0 spiro atoms. The van der Waals surface area contributed by atoms with Crippen LogP contribution >= 0.6 is 0 Å². The lowest BCUT2D eigenvalue weighted by Crippen LogP contribution is -2.49. The van der Waals surface area contributed by atoms with Gasteiger partial charge in [0.2, 0.25) is 5.91 Å². The van der Waals surface area contributed by atoms with Gasteiger partial charge < -0.3 is 15.0 Å². The molecule has 0 aliphatic heterocycles. The highest BCUT2D eigenvalue weighted by molar-refractivity contribution is 5.85. The van der Waals surface area contributed by atoms with Crippen molar-refractivity contribution in [1.82, 2.24) is 10.2 Å². The van der Waals surface area contributed by atoms with Crippen LogP contribution in [0.5, 0.6) is 0 Å². The Hall–Kier alpha value is -2.04. The summed E-state index contributed by atoms with van der Waals surface area (Å²) in [6.07, 6.45) is 3.52. The molecule has 5 nitrogen and oxygen atoms in total. The highest BCUT2D eigenvalue weighted by Crippen LogP contribution is 2.34. The number of likely N-dealkylation sites (N-methyl/N-ethyl adjacent to an activating group) is 1. The van der Waals surface area contributed by atoms with Crippen LogP contribution in [0.25, 0.3) is 0 Å². The molecule has 0 aromatic heterocycles. The fourth-order valence-electron chi connectivity index (χ4n) is 2.91. The average molecular weight is 360 g/mol. The van der Waals surface area contributed by atoms with Crippen LogP contribution in [0.1, 0.15) is 65.0 Å². The maximum absolute atomic E-state index is 13.0. The highest BCUT2D eigenvalue weighted by Gasteiger charge is 2.31. The van der Waals surface area contributed by atoms with Crippen molar-refractivity contribution in [3.63, 3.8) is 0 Å². The monoisotopic (exact) mass is 360 g/mol. The number of amides is 2. The molecule has 0 radical (unpaired) electrons.